The van der Waals surface area contributed by atoms with Crippen molar-refractivity contribution in [3.63, 3.8) is 0 Å². The Balaban J connectivity index is 2.04. The first-order valence-electron chi connectivity index (χ1n) is 5.33. The van der Waals surface area contributed by atoms with Crippen molar-refractivity contribution in [2.45, 2.75) is 12.3 Å². The number of pyridine rings is 1. The molecule has 78 valence electrons. The Kier molecular flexibility index (Phi) is 1.95. The molecule has 0 aliphatic carbocycles. The van der Waals surface area contributed by atoms with Crippen molar-refractivity contribution >= 4 is 5.65 Å². The lowest BCUT2D eigenvalue weighted by atomic mass is 10.1. The number of likely N-dealkylation sites (tertiary alicyclic amines) is 1. The Morgan fingerprint density at radius 3 is 3.07 bits per heavy atom. The van der Waals surface area contributed by atoms with Crippen molar-refractivity contribution in [1.82, 2.24) is 19.5 Å². The minimum absolute atomic E-state index is 0.535. The van der Waals surface area contributed by atoms with E-state index in [0.717, 1.165) is 24.6 Å². The number of nitrogens with zero attached hydrogens (tertiary/aromatic N) is 4. The van der Waals surface area contributed by atoms with Gasteiger partial charge in [0.2, 0.25) is 0 Å². The summed E-state index contributed by atoms with van der Waals surface area (Å²) in [7, 11) is 2.16. The third-order valence-electron chi connectivity index (χ3n) is 3.10. The molecule has 15 heavy (non-hydrogen) atoms. The second kappa shape index (κ2) is 3.31. The fraction of sp³-hybridized carbons (Fsp3) is 0.455. The van der Waals surface area contributed by atoms with Crippen molar-refractivity contribution in [3.05, 3.63) is 30.2 Å². The van der Waals surface area contributed by atoms with Gasteiger partial charge >= 0.3 is 0 Å². The molecule has 4 nitrogen and oxygen atoms in total. The van der Waals surface area contributed by atoms with Gasteiger partial charge in [0.05, 0.1) is 0 Å². The van der Waals surface area contributed by atoms with E-state index in [1.165, 1.54) is 6.42 Å². The number of aromatic nitrogens is 3. The summed E-state index contributed by atoms with van der Waals surface area (Å²) < 4.78 is 2.10. The standard InChI is InChI=1S/C11H14N4/c1-14-7-5-9(8-14)11-13-12-10-4-2-3-6-15(10)11/h2-4,6,9H,5,7-8H2,1H3/t9-/m1/s1. The second-order valence-electron chi connectivity index (χ2n) is 4.23. The van der Waals surface area contributed by atoms with Gasteiger partial charge in [-0.2, -0.15) is 0 Å². The van der Waals surface area contributed by atoms with Crippen molar-refractivity contribution in [2.24, 2.45) is 0 Å². The zero-order valence-corrected chi connectivity index (χ0v) is 8.80. The van der Waals surface area contributed by atoms with Crippen LogP contribution in [-0.4, -0.2) is 39.6 Å². The van der Waals surface area contributed by atoms with Gasteiger partial charge in [0.25, 0.3) is 0 Å². The van der Waals surface area contributed by atoms with Crippen LogP contribution in [0.2, 0.25) is 0 Å². The highest BCUT2D eigenvalue weighted by molar-refractivity contribution is 5.37. The molecule has 2 aromatic rings. The van der Waals surface area contributed by atoms with Gasteiger partial charge in [-0.1, -0.05) is 6.07 Å². The maximum atomic E-state index is 4.30. The summed E-state index contributed by atoms with van der Waals surface area (Å²) >= 11 is 0. The van der Waals surface area contributed by atoms with E-state index < -0.39 is 0 Å². The maximum Gasteiger partial charge on any atom is 0.160 e. The summed E-state index contributed by atoms with van der Waals surface area (Å²) in [5.41, 5.74) is 0.946. The zero-order chi connectivity index (χ0) is 10.3. The monoisotopic (exact) mass is 202 g/mol. The fourth-order valence-corrected chi connectivity index (χ4v) is 2.28. The summed E-state index contributed by atoms with van der Waals surface area (Å²) in [6.45, 7) is 2.25. The van der Waals surface area contributed by atoms with E-state index in [1.54, 1.807) is 0 Å². The first kappa shape index (κ1) is 8.85. The first-order valence-corrected chi connectivity index (χ1v) is 5.33. The Bertz CT molecular complexity index is 476. The van der Waals surface area contributed by atoms with Gasteiger partial charge in [-0.25, -0.2) is 0 Å². The van der Waals surface area contributed by atoms with Crippen LogP contribution in [0, 0.1) is 0 Å². The number of likely N-dealkylation sites (N-methyl/N-ethyl adjacent to an activating group) is 1. The van der Waals surface area contributed by atoms with E-state index in [4.69, 9.17) is 0 Å². The molecule has 2 aromatic heterocycles. The summed E-state index contributed by atoms with van der Waals surface area (Å²) in [6.07, 6.45) is 3.23. The van der Waals surface area contributed by atoms with Crippen LogP contribution in [0.15, 0.2) is 24.4 Å². The van der Waals surface area contributed by atoms with Gasteiger partial charge < -0.3 is 4.90 Å². The third kappa shape index (κ3) is 1.41. The molecule has 0 radical (unpaired) electrons. The highest BCUT2D eigenvalue weighted by Gasteiger charge is 2.25. The van der Waals surface area contributed by atoms with Crippen LogP contribution in [0.1, 0.15) is 18.2 Å². The van der Waals surface area contributed by atoms with E-state index in [2.05, 4.69) is 26.5 Å². The van der Waals surface area contributed by atoms with Gasteiger partial charge in [-0.15, -0.1) is 10.2 Å². The lowest BCUT2D eigenvalue weighted by molar-refractivity contribution is 0.409. The highest BCUT2D eigenvalue weighted by Crippen LogP contribution is 2.24. The van der Waals surface area contributed by atoms with E-state index in [0.29, 0.717) is 5.92 Å². The van der Waals surface area contributed by atoms with Crippen molar-refractivity contribution < 1.29 is 0 Å². The summed E-state index contributed by atoms with van der Waals surface area (Å²) in [5.74, 6) is 1.64. The zero-order valence-electron chi connectivity index (χ0n) is 8.80. The lowest BCUT2D eigenvalue weighted by Gasteiger charge is -2.08. The van der Waals surface area contributed by atoms with Crippen LogP contribution >= 0.6 is 0 Å². The molecule has 0 bridgehead atoms. The molecule has 1 atom stereocenters. The molecule has 0 saturated carbocycles. The summed E-state index contributed by atoms with van der Waals surface area (Å²) in [5, 5.41) is 8.48. The van der Waals surface area contributed by atoms with Gasteiger partial charge in [0, 0.05) is 18.7 Å². The second-order valence-corrected chi connectivity index (χ2v) is 4.23. The molecular formula is C11H14N4. The number of rotatable bonds is 1. The van der Waals surface area contributed by atoms with Crippen LogP contribution in [0.5, 0.6) is 0 Å². The molecule has 0 N–H and O–H groups in total. The van der Waals surface area contributed by atoms with Crippen LogP contribution in [0.25, 0.3) is 5.65 Å². The molecule has 0 amide bonds. The predicted molar refractivity (Wildman–Crippen MR) is 57.8 cm³/mol. The molecule has 0 aromatic carbocycles. The normalized spacial score (nSPS) is 22.6. The van der Waals surface area contributed by atoms with Crippen LogP contribution in [0.3, 0.4) is 0 Å². The van der Waals surface area contributed by atoms with E-state index in [-0.39, 0.29) is 0 Å². The topological polar surface area (TPSA) is 33.4 Å². The summed E-state index contributed by atoms with van der Waals surface area (Å²) in [6, 6.07) is 6.02. The third-order valence-corrected chi connectivity index (χ3v) is 3.10. The SMILES string of the molecule is CN1CC[C@@H](c2nnc3ccccn23)C1. The smallest absolute Gasteiger partial charge is 0.160 e. The minimum Gasteiger partial charge on any atom is -0.306 e. The number of fused-ring (bicyclic) bond motifs is 1. The number of hydrogen-bond acceptors (Lipinski definition) is 3. The molecule has 1 saturated heterocycles. The molecule has 4 heteroatoms. The molecule has 3 rings (SSSR count). The molecule has 3 heterocycles. The van der Waals surface area contributed by atoms with Crippen LogP contribution < -0.4 is 0 Å². The maximum absolute atomic E-state index is 4.30. The van der Waals surface area contributed by atoms with E-state index in [9.17, 15) is 0 Å². The molecular weight excluding hydrogens is 188 g/mol. The Labute approximate surface area is 88.5 Å². The molecule has 1 aliphatic heterocycles. The van der Waals surface area contributed by atoms with Crippen molar-refractivity contribution in [1.29, 1.82) is 0 Å². The Morgan fingerprint density at radius 2 is 2.27 bits per heavy atom. The molecule has 0 unspecified atom stereocenters. The van der Waals surface area contributed by atoms with Crippen LogP contribution in [-0.2, 0) is 0 Å². The quantitative estimate of drug-likeness (QED) is 0.695. The molecule has 0 spiro atoms. The average molecular weight is 202 g/mol. The van der Waals surface area contributed by atoms with Gasteiger partial charge in [-0.05, 0) is 32.1 Å². The lowest BCUT2D eigenvalue weighted by Crippen LogP contribution is -2.14. The first-order chi connectivity index (χ1) is 7.34. The molecule has 1 fully saturated rings. The number of hydrogen-bond donors (Lipinski definition) is 0. The van der Waals surface area contributed by atoms with Gasteiger partial charge in [0.1, 0.15) is 5.82 Å². The predicted octanol–water partition coefficient (Wildman–Crippen LogP) is 1.15. The summed E-state index contributed by atoms with van der Waals surface area (Å²) in [4.78, 5) is 2.34. The Morgan fingerprint density at radius 1 is 1.33 bits per heavy atom. The van der Waals surface area contributed by atoms with Gasteiger partial charge in [-0.3, -0.25) is 4.40 Å². The van der Waals surface area contributed by atoms with Gasteiger partial charge in [0.15, 0.2) is 5.65 Å². The van der Waals surface area contributed by atoms with E-state index in [1.807, 2.05) is 24.4 Å². The minimum atomic E-state index is 0.535. The highest BCUT2D eigenvalue weighted by atomic mass is 15.3. The average Bonchev–Trinajstić information content (AvgIpc) is 2.83. The van der Waals surface area contributed by atoms with Crippen molar-refractivity contribution in [2.75, 3.05) is 20.1 Å². The molecule has 1 aliphatic rings. The Hall–Kier alpha value is -1.42. The largest absolute Gasteiger partial charge is 0.306 e. The van der Waals surface area contributed by atoms with Crippen molar-refractivity contribution in [3.8, 4) is 0 Å². The van der Waals surface area contributed by atoms with Crippen LogP contribution in [0.4, 0.5) is 0 Å². The fourth-order valence-electron chi connectivity index (χ4n) is 2.28. The van der Waals surface area contributed by atoms with E-state index >= 15 is 0 Å².